The van der Waals surface area contributed by atoms with E-state index < -0.39 is 11.9 Å². The van der Waals surface area contributed by atoms with Gasteiger partial charge in [0.1, 0.15) is 0 Å². The third-order valence-corrected chi connectivity index (χ3v) is 3.35. The molecular weight excluding hydrogens is 280 g/mol. The Balaban J connectivity index is 2.32. The minimum absolute atomic E-state index is 0.266. The zero-order valence-corrected chi connectivity index (χ0v) is 12.2. The van der Waals surface area contributed by atoms with Gasteiger partial charge in [-0.25, -0.2) is 0 Å². The number of Topliss-reactive ketones (excluding diaryl/α,β-unsaturated/α-hetero) is 2. The van der Waals surface area contributed by atoms with Crippen LogP contribution in [0.3, 0.4) is 0 Å². The second kappa shape index (κ2) is 7.31. The SMILES string of the molecule is COC(=O)CC(C(=O)c1ccccc1)C(=O)c1ccccc1. The summed E-state index contributed by atoms with van der Waals surface area (Å²) in [6, 6.07) is 17.0. The molecule has 0 N–H and O–H groups in total. The van der Waals surface area contributed by atoms with E-state index in [0.717, 1.165) is 0 Å². The number of ether oxygens (including phenoxy) is 1. The topological polar surface area (TPSA) is 60.4 Å². The lowest BCUT2D eigenvalue weighted by Crippen LogP contribution is -2.27. The van der Waals surface area contributed by atoms with Crippen LogP contribution in [0, 0.1) is 5.92 Å². The van der Waals surface area contributed by atoms with Crippen LogP contribution in [0.5, 0.6) is 0 Å². The third-order valence-electron chi connectivity index (χ3n) is 3.35. The molecule has 0 aromatic heterocycles. The highest BCUT2D eigenvalue weighted by Gasteiger charge is 2.31. The Morgan fingerprint density at radius 2 is 1.23 bits per heavy atom. The van der Waals surface area contributed by atoms with E-state index in [1.165, 1.54) is 7.11 Å². The van der Waals surface area contributed by atoms with Crippen LogP contribution in [0.4, 0.5) is 0 Å². The maximum absolute atomic E-state index is 12.6. The maximum Gasteiger partial charge on any atom is 0.306 e. The van der Waals surface area contributed by atoms with E-state index in [1.54, 1.807) is 60.7 Å². The fourth-order valence-electron chi connectivity index (χ4n) is 2.16. The summed E-state index contributed by atoms with van der Waals surface area (Å²) in [5.74, 6) is -2.41. The third kappa shape index (κ3) is 3.67. The molecule has 0 radical (unpaired) electrons. The molecule has 0 saturated carbocycles. The van der Waals surface area contributed by atoms with Crippen LogP contribution < -0.4 is 0 Å². The molecule has 0 unspecified atom stereocenters. The molecular formula is C18H16O4. The van der Waals surface area contributed by atoms with Gasteiger partial charge in [0.15, 0.2) is 11.6 Å². The summed E-state index contributed by atoms with van der Waals surface area (Å²) in [5, 5.41) is 0. The monoisotopic (exact) mass is 296 g/mol. The van der Waals surface area contributed by atoms with Crippen LogP contribution >= 0.6 is 0 Å². The van der Waals surface area contributed by atoms with E-state index in [9.17, 15) is 14.4 Å². The molecule has 2 aromatic rings. The number of methoxy groups -OCH3 is 1. The van der Waals surface area contributed by atoms with Gasteiger partial charge in [0, 0.05) is 11.1 Å². The summed E-state index contributed by atoms with van der Waals surface area (Å²) in [4.78, 5) is 36.7. The first kappa shape index (κ1) is 15.6. The number of ketones is 2. The molecule has 2 rings (SSSR count). The van der Waals surface area contributed by atoms with Crippen molar-refractivity contribution < 1.29 is 19.1 Å². The first-order valence-corrected chi connectivity index (χ1v) is 6.89. The van der Waals surface area contributed by atoms with Gasteiger partial charge in [-0.05, 0) is 0 Å². The number of benzene rings is 2. The fourth-order valence-corrected chi connectivity index (χ4v) is 2.16. The zero-order chi connectivity index (χ0) is 15.9. The lowest BCUT2D eigenvalue weighted by Gasteiger charge is -2.14. The Morgan fingerprint density at radius 1 is 0.818 bits per heavy atom. The van der Waals surface area contributed by atoms with E-state index in [0.29, 0.717) is 11.1 Å². The van der Waals surface area contributed by atoms with Crippen molar-refractivity contribution in [2.45, 2.75) is 6.42 Å². The van der Waals surface area contributed by atoms with Gasteiger partial charge in [0.05, 0.1) is 19.4 Å². The predicted octanol–water partition coefficient (Wildman–Crippen LogP) is 2.93. The summed E-state index contributed by atoms with van der Waals surface area (Å²) in [5.41, 5.74) is 0.807. The number of hydrogen-bond donors (Lipinski definition) is 0. The number of rotatable bonds is 6. The molecule has 4 nitrogen and oxygen atoms in total. The molecule has 2 aromatic carbocycles. The number of esters is 1. The highest BCUT2D eigenvalue weighted by molar-refractivity contribution is 6.17. The minimum Gasteiger partial charge on any atom is -0.469 e. The number of carbonyl (C=O) groups excluding carboxylic acids is 3. The van der Waals surface area contributed by atoms with E-state index in [4.69, 9.17) is 0 Å². The average molecular weight is 296 g/mol. The molecule has 0 amide bonds. The molecule has 0 bridgehead atoms. The van der Waals surface area contributed by atoms with Gasteiger partial charge in [0.2, 0.25) is 0 Å². The minimum atomic E-state index is -1.07. The van der Waals surface area contributed by atoms with E-state index in [2.05, 4.69) is 4.74 Å². The first-order chi connectivity index (χ1) is 10.6. The summed E-state index contributed by atoms with van der Waals surface area (Å²) in [6.07, 6.45) is -0.266. The van der Waals surface area contributed by atoms with Crippen molar-refractivity contribution in [3.05, 3.63) is 71.8 Å². The molecule has 0 heterocycles. The Morgan fingerprint density at radius 3 is 1.59 bits per heavy atom. The van der Waals surface area contributed by atoms with Crippen molar-refractivity contribution in [1.29, 1.82) is 0 Å². The molecule has 0 atom stereocenters. The van der Waals surface area contributed by atoms with Gasteiger partial charge < -0.3 is 4.74 Å². The van der Waals surface area contributed by atoms with Gasteiger partial charge in [-0.1, -0.05) is 60.7 Å². The quantitative estimate of drug-likeness (QED) is 0.467. The van der Waals surface area contributed by atoms with Crippen LogP contribution in [-0.2, 0) is 9.53 Å². The molecule has 0 fully saturated rings. The molecule has 0 aliphatic heterocycles. The molecule has 22 heavy (non-hydrogen) atoms. The Bertz CT molecular complexity index is 611. The standard InChI is InChI=1S/C18H16O4/c1-22-16(19)12-15(17(20)13-8-4-2-5-9-13)18(21)14-10-6-3-7-11-14/h2-11,15H,12H2,1H3. The summed E-state index contributed by atoms with van der Waals surface area (Å²) < 4.78 is 4.61. The summed E-state index contributed by atoms with van der Waals surface area (Å²) >= 11 is 0. The lowest BCUT2D eigenvalue weighted by atomic mass is 9.87. The molecule has 4 heteroatoms. The zero-order valence-electron chi connectivity index (χ0n) is 12.2. The van der Waals surface area contributed by atoms with E-state index in [1.807, 2.05) is 0 Å². The van der Waals surface area contributed by atoms with Crippen molar-refractivity contribution >= 4 is 17.5 Å². The van der Waals surface area contributed by atoms with Crippen LogP contribution in [0.25, 0.3) is 0 Å². The van der Waals surface area contributed by atoms with Gasteiger partial charge in [-0.3, -0.25) is 14.4 Å². The maximum atomic E-state index is 12.6. The highest BCUT2D eigenvalue weighted by atomic mass is 16.5. The first-order valence-electron chi connectivity index (χ1n) is 6.89. The second-order valence-electron chi connectivity index (χ2n) is 4.79. The van der Waals surface area contributed by atoms with Crippen molar-refractivity contribution in [3.8, 4) is 0 Å². The Labute approximate surface area is 128 Å². The second-order valence-corrected chi connectivity index (χ2v) is 4.79. The molecule has 0 aliphatic rings. The summed E-state index contributed by atoms with van der Waals surface area (Å²) in [7, 11) is 1.24. The van der Waals surface area contributed by atoms with E-state index >= 15 is 0 Å². The van der Waals surface area contributed by atoms with Crippen LogP contribution in [-0.4, -0.2) is 24.6 Å². The van der Waals surface area contributed by atoms with Crippen molar-refractivity contribution in [2.24, 2.45) is 5.92 Å². The molecule has 0 spiro atoms. The predicted molar refractivity (Wildman–Crippen MR) is 81.7 cm³/mol. The molecule has 0 saturated heterocycles. The average Bonchev–Trinajstić information content (AvgIpc) is 2.59. The number of carbonyl (C=O) groups is 3. The van der Waals surface area contributed by atoms with E-state index in [-0.39, 0.29) is 18.0 Å². The highest BCUT2D eigenvalue weighted by Crippen LogP contribution is 2.19. The Kier molecular flexibility index (Phi) is 5.20. The van der Waals surface area contributed by atoms with Gasteiger partial charge in [-0.15, -0.1) is 0 Å². The van der Waals surface area contributed by atoms with Crippen molar-refractivity contribution in [2.75, 3.05) is 7.11 Å². The van der Waals surface area contributed by atoms with Gasteiger partial charge in [-0.2, -0.15) is 0 Å². The normalized spacial score (nSPS) is 10.3. The van der Waals surface area contributed by atoms with Crippen molar-refractivity contribution in [1.82, 2.24) is 0 Å². The van der Waals surface area contributed by atoms with Gasteiger partial charge in [0.25, 0.3) is 0 Å². The van der Waals surface area contributed by atoms with Crippen LogP contribution in [0.2, 0.25) is 0 Å². The van der Waals surface area contributed by atoms with Crippen molar-refractivity contribution in [3.63, 3.8) is 0 Å². The van der Waals surface area contributed by atoms with Crippen LogP contribution in [0.1, 0.15) is 27.1 Å². The number of hydrogen-bond acceptors (Lipinski definition) is 4. The largest absolute Gasteiger partial charge is 0.469 e. The fraction of sp³-hybridized carbons (Fsp3) is 0.167. The van der Waals surface area contributed by atoms with Gasteiger partial charge >= 0.3 is 5.97 Å². The summed E-state index contributed by atoms with van der Waals surface area (Å²) in [6.45, 7) is 0. The lowest BCUT2D eigenvalue weighted by molar-refractivity contribution is -0.141. The van der Waals surface area contributed by atoms with Crippen LogP contribution in [0.15, 0.2) is 60.7 Å². The Hall–Kier alpha value is -2.75. The smallest absolute Gasteiger partial charge is 0.306 e. The molecule has 112 valence electrons. The molecule has 0 aliphatic carbocycles.